The number of hydrogen-bond donors (Lipinski definition) is 0. The van der Waals surface area contributed by atoms with Crippen LogP contribution in [0.1, 0.15) is 35.9 Å². The van der Waals surface area contributed by atoms with Gasteiger partial charge in [0.05, 0.1) is 12.2 Å². The van der Waals surface area contributed by atoms with Gasteiger partial charge in [-0.05, 0) is 38.8 Å². The largest absolute Gasteiger partial charge is 0.488 e. The Hall–Kier alpha value is -1.42. The van der Waals surface area contributed by atoms with Gasteiger partial charge in [0.1, 0.15) is 18.1 Å². The van der Waals surface area contributed by atoms with Crippen LogP contribution in [0.25, 0.3) is 0 Å². The van der Waals surface area contributed by atoms with Gasteiger partial charge in [-0.1, -0.05) is 0 Å². The normalized spacial score (nSPS) is 23.6. The minimum absolute atomic E-state index is 0.130. The van der Waals surface area contributed by atoms with Crippen LogP contribution < -0.4 is 4.74 Å². The third-order valence-electron chi connectivity index (χ3n) is 2.88. The van der Waals surface area contributed by atoms with E-state index in [1.165, 1.54) is 0 Å². The monoisotopic (exact) mass is 235 g/mol. The molecular weight excluding hydrogens is 218 g/mol. The summed E-state index contributed by atoms with van der Waals surface area (Å²) in [5.41, 5.74) is 1.17. The summed E-state index contributed by atoms with van der Waals surface area (Å²) in [5.74, 6) is 0.536. The van der Waals surface area contributed by atoms with Gasteiger partial charge in [-0.3, -0.25) is 4.79 Å². The van der Waals surface area contributed by atoms with E-state index in [2.05, 4.69) is 11.9 Å². The molecule has 4 nitrogen and oxygen atoms in total. The molecule has 4 heteroatoms. The molecule has 0 amide bonds. The molecule has 2 heterocycles. The highest BCUT2D eigenvalue weighted by Gasteiger charge is 2.22. The van der Waals surface area contributed by atoms with Crippen LogP contribution >= 0.6 is 0 Å². The predicted octanol–water partition coefficient (Wildman–Crippen LogP) is 2.15. The van der Waals surface area contributed by atoms with Crippen molar-refractivity contribution in [1.82, 2.24) is 4.98 Å². The Labute approximate surface area is 101 Å². The van der Waals surface area contributed by atoms with Crippen molar-refractivity contribution in [2.24, 2.45) is 0 Å². The Morgan fingerprint density at radius 3 is 3.00 bits per heavy atom. The second-order valence-electron chi connectivity index (χ2n) is 4.41. The van der Waals surface area contributed by atoms with Gasteiger partial charge in [-0.2, -0.15) is 0 Å². The molecular formula is C13H17NO3. The smallest absolute Gasteiger partial charge is 0.172 e. The molecule has 1 aromatic rings. The van der Waals surface area contributed by atoms with E-state index in [4.69, 9.17) is 9.47 Å². The van der Waals surface area contributed by atoms with Crippen LogP contribution in [0, 0.1) is 6.92 Å². The zero-order valence-corrected chi connectivity index (χ0v) is 10.2. The fourth-order valence-corrected chi connectivity index (χ4v) is 1.96. The van der Waals surface area contributed by atoms with E-state index in [9.17, 15) is 4.79 Å². The Kier molecular flexibility index (Phi) is 3.74. The Morgan fingerprint density at radius 2 is 2.35 bits per heavy atom. The Morgan fingerprint density at radius 1 is 1.53 bits per heavy atom. The summed E-state index contributed by atoms with van der Waals surface area (Å²) in [6.07, 6.45) is 3.24. The van der Waals surface area contributed by atoms with Crippen LogP contribution in [-0.2, 0) is 4.74 Å². The third kappa shape index (κ3) is 3.03. The number of rotatable bonds is 4. The second-order valence-corrected chi connectivity index (χ2v) is 4.41. The lowest BCUT2D eigenvalue weighted by Crippen LogP contribution is -2.18. The number of hydrogen-bond acceptors (Lipinski definition) is 4. The summed E-state index contributed by atoms with van der Waals surface area (Å²) < 4.78 is 11.2. The van der Waals surface area contributed by atoms with Crippen LogP contribution in [0.4, 0.5) is 0 Å². The molecule has 0 saturated carbocycles. The molecule has 1 fully saturated rings. The summed E-state index contributed by atoms with van der Waals surface area (Å²) in [6, 6.07) is 3.62. The molecule has 1 aromatic heterocycles. The zero-order chi connectivity index (χ0) is 12.3. The molecule has 1 aliphatic heterocycles. The van der Waals surface area contributed by atoms with E-state index in [0.717, 1.165) is 24.8 Å². The third-order valence-corrected chi connectivity index (χ3v) is 2.88. The number of aldehydes is 1. The van der Waals surface area contributed by atoms with Crippen LogP contribution in [0.15, 0.2) is 12.1 Å². The van der Waals surface area contributed by atoms with E-state index in [0.29, 0.717) is 24.2 Å². The molecule has 0 aromatic carbocycles. The number of carbonyl (C=O) groups is 1. The van der Waals surface area contributed by atoms with Gasteiger partial charge in [-0.15, -0.1) is 0 Å². The molecule has 17 heavy (non-hydrogen) atoms. The molecule has 0 aliphatic carbocycles. The standard InChI is InChI=1S/C13H17NO3/c1-9-3-6-13(12(7-15)14-9)16-8-11-5-4-10(2)17-11/h3,6-7,10-11H,4-5,8H2,1-2H3. The maximum absolute atomic E-state index is 10.9. The second kappa shape index (κ2) is 5.27. The molecule has 1 aliphatic rings. The van der Waals surface area contributed by atoms with E-state index in [1.807, 2.05) is 13.0 Å². The SMILES string of the molecule is Cc1ccc(OCC2CCC(C)O2)c(C=O)n1. The summed E-state index contributed by atoms with van der Waals surface area (Å²) in [5, 5.41) is 0. The number of nitrogens with zero attached hydrogens (tertiary/aromatic N) is 1. The van der Waals surface area contributed by atoms with Crippen LogP contribution in [0.3, 0.4) is 0 Å². The summed E-state index contributed by atoms with van der Waals surface area (Å²) in [4.78, 5) is 15.0. The van der Waals surface area contributed by atoms with Crippen LogP contribution in [0.5, 0.6) is 5.75 Å². The van der Waals surface area contributed by atoms with E-state index in [-0.39, 0.29) is 6.10 Å². The number of carbonyl (C=O) groups excluding carboxylic acids is 1. The molecule has 2 atom stereocenters. The van der Waals surface area contributed by atoms with Crippen molar-refractivity contribution in [3.8, 4) is 5.75 Å². The summed E-state index contributed by atoms with van der Waals surface area (Å²) in [7, 11) is 0. The van der Waals surface area contributed by atoms with Crippen molar-refractivity contribution >= 4 is 6.29 Å². The minimum atomic E-state index is 0.130. The maximum atomic E-state index is 10.9. The Bertz CT molecular complexity index is 406. The van der Waals surface area contributed by atoms with Gasteiger partial charge < -0.3 is 9.47 Å². The number of pyridine rings is 1. The topological polar surface area (TPSA) is 48.4 Å². The first-order chi connectivity index (χ1) is 8.19. The molecule has 2 rings (SSSR count). The van der Waals surface area contributed by atoms with Crippen molar-refractivity contribution in [2.45, 2.75) is 38.9 Å². The van der Waals surface area contributed by atoms with E-state index < -0.39 is 0 Å². The number of aromatic nitrogens is 1. The van der Waals surface area contributed by atoms with Crippen molar-refractivity contribution in [1.29, 1.82) is 0 Å². The molecule has 0 radical (unpaired) electrons. The van der Waals surface area contributed by atoms with Gasteiger partial charge in [-0.25, -0.2) is 4.98 Å². The van der Waals surface area contributed by atoms with Crippen molar-refractivity contribution < 1.29 is 14.3 Å². The molecule has 2 unspecified atom stereocenters. The Balaban J connectivity index is 1.96. The quantitative estimate of drug-likeness (QED) is 0.750. The van der Waals surface area contributed by atoms with Crippen LogP contribution in [0.2, 0.25) is 0 Å². The highest BCUT2D eigenvalue weighted by molar-refractivity contribution is 5.76. The van der Waals surface area contributed by atoms with E-state index >= 15 is 0 Å². The van der Waals surface area contributed by atoms with Crippen LogP contribution in [-0.4, -0.2) is 30.1 Å². The lowest BCUT2D eigenvalue weighted by atomic mass is 10.2. The molecule has 0 N–H and O–H groups in total. The molecule has 0 spiro atoms. The van der Waals surface area contributed by atoms with Gasteiger partial charge in [0.2, 0.25) is 0 Å². The first-order valence-electron chi connectivity index (χ1n) is 5.90. The van der Waals surface area contributed by atoms with Gasteiger partial charge >= 0.3 is 0 Å². The number of aryl methyl sites for hydroxylation is 1. The molecule has 92 valence electrons. The van der Waals surface area contributed by atoms with Crippen molar-refractivity contribution in [2.75, 3.05) is 6.61 Å². The fourth-order valence-electron chi connectivity index (χ4n) is 1.96. The van der Waals surface area contributed by atoms with Gasteiger partial charge in [0.15, 0.2) is 6.29 Å². The average molecular weight is 235 g/mol. The minimum Gasteiger partial charge on any atom is -0.488 e. The predicted molar refractivity (Wildman–Crippen MR) is 63.4 cm³/mol. The highest BCUT2D eigenvalue weighted by Crippen LogP contribution is 2.21. The van der Waals surface area contributed by atoms with E-state index in [1.54, 1.807) is 6.07 Å². The fraction of sp³-hybridized carbons (Fsp3) is 0.538. The molecule has 0 bridgehead atoms. The molecule has 1 saturated heterocycles. The van der Waals surface area contributed by atoms with Crippen molar-refractivity contribution in [3.05, 3.63) is 23.5 Å². The maximum Gasteiger partial charge on any atom is 0.172 e. The first kappa shape index (κ1) is 12.0. The van der Waals surface area contributed by atoms with Crippen molar-refractivity contribution in [3.63, 3.8) is 0 Å². The highest BCUT2D eigenvalue weighted by atomic mass is 16.5. The first-order valence-corrected chi connectivity index (χ1v) is 5.90. The summed E-state index contributed by atoms with van der Waals surface area (Å²) >= 11 is 0. The summed E-state index contributed by atoms with van der Waals surface area (Å²) in [6.45, 7) is 4.39. The average Bonchev–Trinajstić information content (AvgIpc) is 2.73. The van der Waals surface area contributed by atoms with Gasteiger partial charge in [0.25, 0.3) is 0 Å². The number of ether oxygens (including phenoxy) is 2. The lowest BCUT2D eigenvalue weighted by Gasteiger charge is -2.13. The zero-order valence-electron chi connectivity index (χ0n) is 10.2. The van der Waals surface area contributed by atoms with Gasteiger partial charge in [0, 0.05) is 5.69 Å². The lowest BCUT2D eigenvalue weighted by molar-refractivity contribution is 0.0262.